The molecule has 4 nitrogen and oxygen atoms in total. The molecule has 3 aromatic rings. The van der Waals surface area contributed by atoms with Gasteiger partial charge in [0.05, 0.1) is 29.1 Å². The van der Waals surface area contributed by atoms with Gasteiger partial charge in [-0.25, -0.2) is 9.07 Å². The van der Waals surface area contributed by atoms with Crippen LogP contribution >= 0.6 is 0 Å². The van der Waals surface area contributed by atoms with Crippen molar-refractivity contribution in [3.8, 4) is 5.69 Å². The summed E-state index contributed by atoms with van der Waals surface area (Å²) < 4.78 is 54.2. The van der Waals surface area contributed by atoms with Gasteiger partial charge in [0.2, 0.25) is 5.91 Å². The van der Waals surface area contributed by atoms with E-state index in [4.69, 9.17) is 0 Å². The maximum atomic E-state index is 13.3. The van der Waals surface area contributed by atoms with E-state index in [1.54, 1.807) is 26.0 Å². The summed E-state index contributed by atoms with van der Waals surface area (Å²) in [6, 6.07) is 10.3. The molecule has 0 bridgehead atoms. The van der Waals surface area contributed by atoms with Gasteiger partial charge in [-0.3, -0.25) is 4.79 Å². The number of hydrogen-bond acceptors (Lipinski definition) is 2. The summed E-state index contributed by atoms with van der Waals surface area (Å²) in [7, 11) is 0. The Bertz CT molecular complexity index is 1020. The quantitative estimate of drug-likeness (QED) is 0.648. The third-order valence-corrected chi connectivity index (χ3v) is 4.09. The van der Waals surface area contributed by atoms with E-state index in [2.05, 4.69) is 10.4 Å². The number of anilines is 1. The number of amides is 1. The molecule has 0 fully saturated rings. The fourth-order valence-electron chi connectivity index (χ4n) is 2.90. The van der Waals surface area contributed by atoms with Crippen LogP contribution < -0.4 is 5.32 Å². The summed E-state index contributed by atoms with van der Waals surface area (Å²) in [6.45, 7) is 3.52. The van der Waals surface area contributed by atoms with Crippen LogP contribution in [0, 0.1) is 19.7 Å². The summed E-state index contributed by atoms with van der Waals surface area (Å²) in [5, 5.41) is 6.77. The largest absolute Gasteiger partial charge is 0.416 e. The fraction of sp³-hybridized carbons (Fsp3) is 0.200. The Hall–Kier alpha value is -3.16. The predicted octanol–water partition coefficient (Wildman–Crippen LogP) is 4.83. The molecule has 28 heavy (non-hydrogen) atoms. The van der Waals surface area contributed by atoms with E-state index < -0.39 is 23.5 Å². The fourth-order valence-corrected chi connectivity index (χ4v) is 2.90. The van der Waals surface area contributed by atoms with E-state index in [-0.39, 0.29) is 12.1 Å². The van der Waals surface area contributed by atoms with Gasteiger partial charge < -0.3 is 5.32 Å². The van der Waals surface area contributed by atoms with E-state index in [9.17, 15) is 22.4 Å². The Morgan fingerprint density at radius 1 is 1.11 bits per heavy atom. The number of halogens is 4. The minimum Gasteiger partial charge on any atom is -0.324 e. The Morgan fingerprint density at radius 2 is 1.86 bits per heavy atom. The van der Waals surface area contributed by atoms with Crippen molar-refractivity contribution < 1.29 is 22.4 Å². The number of carbonyl (C=O) groups excluding carboxylic acids is 1. The molecular weight excluding hydrogens is 374 g/mol. The molecule has 0 aliphatic rings. The van der Waals surface area contributed by atoms with Gasteiger partial charge in [0.1, 0.15) is 5.82 Å². The Balaban J connectivity index is 1.96. The SMILES string of the molecule is Cc1cc(C)n(-c2ccc(C(F)(F)F)cc2NC(=O)Cc2cccc(F)c2)n1. The lowest BCUT2D eigenvalue weighted by Crippen LogP contribution is -2.18. The van der Waals surface area contributed by atoms with Gasteiger partial charge in [-0.05, 0) is 55.8 Å². The second-order valence-corrected chi connectivity index (χ2v) is 6.42. The molecular formula is C20H17F4N3O. The van der Waals surface area contributed by atoms with E-state index in [1.165, 1.54) is 28.9 Å². The van der Waals surface area contributed by atoms with Crippen molar-refractivity contribution >= 4 is 11.6 Å². The topological polar surface area (TPSA) is 46.9 Å². The molecule has 0 saturated heterocycles. The minimum atomic E-state index is -4.56. The maximum absolute atomic E-state index is 13.3. The number of benzene rings is 2. The zero-order valence-electron chi connectivity index (χ0n) is 15.1. The van der Waals surface area contributed by atoms with Crippen LogP contribution in [-0.4, -0.2) is 15.7 Å². The van der Waals surface area contributed by atoms with Gasteiger partial charge in [-0.1, -0.05) is 12.1 Å². The van der Waals surface area contributed by atoms with Gasteiger partial charge in [0, 0.05) is 5.69 Å². The van der Waals surface area contributed by atoms with Crippen LogP contribution in [0.15, 0.2) is 48.5 Å². The van der Waals surface area contributed by atoms with Crippen LogP contribution in [-0.2, 0) is 17.4 Å². The first-order chi connectivity index (χ1) is 13.1. The molecule has 0 aliphatic heterocycles. The normalized spacial score (nSPS) is 11.5. The van der Waals surface area contributed by atoms with Crippen molar-refractivity contribution in [2.45, 2.75) is 26.4 Å². The lowest BCUT2D eigenvalue weighted by Gasteiger charge is -2.16. The van der Waals surface area contributed by atoms with Crippen molar-refractivity contribution in [2.24, 2.45) is 0 Å². The molecule has 1 aromatic heterocycles. The monoisotopic (exact) mass is 391 g/mol. The van der Waals surface area contributed by atoms with Crippen LogP contribution in [0.25, 0.3) is 5.69 Å². The van der Waals surface area contributed by atoms with Crippen molar-refractivity contribution in [1.29, 1.82) is 0 Å². The molecule has 3 rings (SSSR count). The molecule has 0 unspecified atom stereocenters. The number of nitrogens with one attached hydrogen (secondary N) is 1. The molecule has 1 heterocycles. The average Bonchev–Trinajstić information content (AvgIpc) is 2.92. The van der Waals surface area contributed by atoms with Gasteiger partial charge >= 0.3 is 6.18 Å². The van der Waals surface area contributed by atoms with E-state index >= 15 is 0 Å². The number of rotatable bonds is 4. The number of hydrogen-bond donors (Lipinski definition) is 1. The second-order valence-electron chi connectivity index (χ2n) is 6.42. The lowest BCUT2D eigenvalue weighted by molar-refractivity contribution is -0.137. The zero-order chi connectivity index (χ0) is 20.5. The maximum Gasteiger partial charge on any atom is 0.416 e. The Labute approximate surface area is 158 Å². The molecule has 0 aliphatic carbocycles. The van der Waals surface area contributed by atoms with Crippen LogP contribution in [0.4, 0.5) is 23.2 Å². The first-order valence-corrected chi connectivity index (χ1v) is 8.42. The number of aromatic nitrogens is 2. The minimum absolute atomic E-state index is 0.0255. The predicted molar refractivity (Wildman–Crippen MR) is 96.8 cm³/mol. The molecule has 0 spiro atoms. The number of carbonyl (C=O) groups is 1. The number of alkyl halides is 3. The molecule has 0 atom stereocenters. The summed E-state index contributed by atoms with van der Waals surface area (Å²) >= 11 is 0. The smallest absolute Gasteiger partial charge is 0.324 e. The molecule has 8 heteroatoms. The first kappa shape index (κ1) is 19.6. The molecule has 146 valence electrons. The van der Waals surface area contributed by atoms with Crippen molar-refractivity contribution in [2.75, 3.05) is 5.32 Å². The van der Waals surface area contributed by atoms with Crippen LogP contribution in [0.5, 0.6) is 0 Å². The highest BCUT2D eigenvalue weighted by atomic mass is 19.4. The second kappa shape index (κ2) is 7.46. The first-order valence-electron chi connectivity index (χ1n) is 8.42. The van der Waals surface area contributed by atoms with E-state index in [0.29, 0.717) is 22.6 Å². The van der Waals surface area contributed by atoms with Gasteiger partial charge in [0.15, 0.2) is 0 Å². The molecule has 0 saturated carbocycles. The van der Waals surface area contributed by atoms with E-state index in [0.717, 1.165) is 12.1 Å². The van der Waals surface area contributed by atoms with Crippen molar-refractivity contribution in [1.82, 2.24) is 9.78 Å². The van der Waals surface area contributed by atoms with Crippen LogP contribution in [0.3, 0.4) is 0 Å². The average molecular weight is 391 g/mol. The standard InChI is InChI=1S/C20H17F4N3O/c1-12-8-13(2)27(26-12)18-7-6-15(20(22,23)24)11-17(18)25-19(28)10-14-4-3-5-16(21)9-14/h3-9,11H,10H2,1-2H3,(H,25,28). The van der Waals surface area contributed by atoms with Crippen LogP contribution in [0.2, 0.25) is 0 Å². The number of aryl methyl sites for hydroxylation is 2. The molecule has 2 aromatic carbocycles. The highest BCUT2D eigenvalue weighted by molar-refractivity contribution is 5.94. The van der Waals surface area contributed by atoms with Gasteiger partial charge in [0.25, 0.3) is 0 Å². The molecule has 1 N–H and O–H groups in total. The molecule has 0 radical (unpaired) electrons. The summed E-state index contributed by atoms with van der Waals surface area (Å²) in [5.41, 5.74) is 1.21. The van der Waals surface area contributed by atoms with Crippen molar-refractivity contribution in [3.63, 3.8) is 0 Å². The third kappa shape index (κ3) is 4.39. The summed E-state index contributed by atoms with van der Waals surface area (Å²) in [6.07, 6.45) is -4.74. The lowest BCUT2D eigenvalue weighted by atomic mass is 10.1. The Morgan fingerprint density at radius 3 is 2.46 bits per heavy atom. The Kier molecular flexibility index (Phi) is 5.22. The highest BCUT2D eigenvalue weighted by Crippen LogP contribution is 2.33. The third-order valence-electron chi connectivity index (χ3n) is 4.09. The summed E-state index contributed by atoms with van der Waals surface area (Å²) in [5.74, 6) is -1.06. The summed E-state index contributed by atoms with van der Waals surface area (Å²) in [4.78, 5) is 12.4. The van der Waals surface area contributed by atoms with Gasteiger partial charge in [-0.15, -0.1) is 0 Å². The van der Waals surface area contributed by atoms with E-state index in [1.807, 2.05) is 0 Å². The van der Waals surface area contributed by atoms with Gasteiger partial charge in [-0.2, -0.15) is 18.3 Å². The molecule has 1 amide bonds. The van der Waals surface area contributed by atoms with Crippen molar-refractivity contribution in [3.05, 3.63) is 76.9 Å². The number of nitrogens with zero attached hydrogens (tertiary/aromatic N) is 2. The highest BCUT2D eigenvalue weighted by Gasteiger charge is 2.31. The van der Waals surface area contributed by atoms with Crippen LogP contribution in [0.1, 0.15) is 22.5 Å². The zero-order valence-corrected chi connectivity index (χ0v) is 15.1.